The zero-order chi connectivity index (χ0) is 20.6. The molecule has 0 saturated heterocycles. The fourth-order valence-corrected chi connectivity index (χ4v) is 4.35. The number of allylic oxidation sites excluding steroid dienone is 5. The molecule has 4 nitrogen and oxygen atoms in total. The molecule has 2 N–H and O–H groups in total. The summed E-state index contributed by atoms with van der Waals surface area (Å²) in [6, 6.07) is 5.76. The van der Waals surface area contributed by atoms with Crippen molar-refractivity contribution < 1.29 is 24.1 Å². The maximum atomic E-state index is 12.9. The van der Waals surface area contributed by atoms with Crippen LogP contribution in [-0.4, -0.2) is 28.9 Å². The smallest absolute Gasteiger partial charge is 0.303 e. The van der Waals surface area contributed by atoms with Crippen molar-refractivity contribution in [3.63, 3.8) is 0 Å². The van der Waals surface area contributed by atoms with Gasteiger partial charge in [-0.25, -0.2) is 4.39 Å². The van der Waals surface area contributed by atoms with Crippen LogP contribution in [0.1, 0.15) is 32.1 Å². The summed E-state index contributed by atoms with van der Waals surface area (Å²) in [5.41, 5.74) is 0. The summed E-state index contributed by atoms with van der Waals surface area (Å²) >= 11 is 0. The molecule has 2 bridgehead atoms. The second-order valence-electron chi connectivity index (χ2n) is 7.90. The molecule has 29 heavy (non-hydrogen) atoms. The number of aliphatic carboxylic acids is 1. The molecule has 5 heteroatoms. The Hall–Kier alpha value is -2.40. The molecule has 0 amide bonds. The molecule has 0 aromatic heterocycles. The van der Waals surface area contributed by atoms with Gasteiger partial charge in [0.2, 0.25) is 0 Å². The molecule has 0 heterocycles. The topological polar surface area (TPSA) is 66.8 Å². The van der Waals surface area contributed by atoms with E-state index in [1.54, 1.807) is 12.1 Å². The maximum absolute atomic E-state index is 12.9. The molecule has 3 rings (SSSR count). The summed E-state index contributed by atoms with van der Waals surface area (Å²) in [6.45, 7) is 0.132. The molecule has 0 aliphatic heterocycles. The van der Waals surface area contributed by atoms with Gasteiger partial charge in [-0.05, 0) is 73.6 Å². The van der Waals surface area contributed by atoms with Crippen molar-refractivity contribution in [1.29, 1.82) is 0 Å². The molecular formula is C24H29FO4. The number of ether oxygens (including phenoxy) is 1. The predicted molar refractivity (Wildman–Crippen MR) is 110 cm³/mol. The first-order valence-corrected chi connectivity index (χ1v) is 10.3. The number of benzene rings is 1. The molecular weight excluding hydrogens is 371 g/mol. The average Bonchev–Trinajstić information content (AvgIpc) is 3.30. The van der Waals surface area contributed by atoms with Gasteiger partial charge in [0.1, 0.15) is 24.3 Å². The molecule has 1 saturated carbocycles. The highest BCUT2D eigenvalue weighted by Gasteiger charge is 2.42. The summed E-state index contributed by atoms with van der Waals surface area (Å²) in [7, 11) is 0. The number of fused-ring (bicyclic) bond motifs is 2. The van der Waals surface area contributed by atoms with Gasteiger partial charge < -0.3 is 14.9 Å². The monoisotopic (exact) mass is 400 g/mol. The number of aliphatic hydroxyl groups excluding tert-OH is 1. The first-order valence-electron chi connectivity index (χ1n) is 10.3. The van der Waals surface area contributed by atoms with Crippen LogP contribution in [0.5, 0.6) is 5.75 Å². The molecule has 156 valence electrons. The van der Waals surface area contributed by atoms with Gasteiger partial charge in [0, 0.05) is 6.42 Å². The highest BCUT2D eigenvalue weighted by Crippen LogP contribution is 2.50. The predicted octanol–water partition coefficient (Wildman–Crippen LogP) is 4.76. The quantitative estimate of drug-likeness (QED) is 0.415. The Bertz CT molecular complexity index is 753. The number of hydrogen-bond acceptors (Lipinski definition) is 3. The lowest BCUT2D eigenvalue weighted by Gasteiger charge is -2.25. The highest BCUT2D eigenvalue weighted by atomic mass is 19.1. The number of carbonyl (C=O) groups is 1. The standard InChI is InChI=1S/C24H29FO4/c25-19-9-12-21(13-10-19)29-16-20(26)11-14-23-18-8-7-17(15-18)22(23)5-3-1-2-4-6-24(27)28/h1,3,7-14,17-18,20,22-23,26H,2,4-6,15-16H2,(H,27,28)/t17-,18+,20+,22-,23-/m0/s1. The van der Waals surface area contributed by atoms with Crippen LogP contribution in [0.2, 0.25) is 0 Å². The van der Waals surface area contributed by atoms with E-state index < -0.39 is 12.1 Å². The van der Waals surface area contributed by atoms with E-state index in [0.717, 1.165) is 19.3 Å². The van der Waals surface area contributed by atoms with Crippen LogP contribution in [0.3, 0.4) is 0 Å². The third-order valence-corrected chi connectivity index (χ3v) is 5.81. The maximum Gasteiger partial charge on any atom is 0.303 e. The minimum atomic E-state index is -0.746. The number of aliphatic hydroxyl groups is 1. The van der Waals surface area contributed by atoms with Crippen molar-refractivity contribution in [2.45, 2.75) is 38.2 Å². The van der Waals surface area contributed by atoms with Gasteiger partial charge >= 0.3 is 5.97 Å². The van der Waals surface area contributed by atoms with E-state index in [4.69, 9.17) is 9.84 Å². The largest absolute Gasteiger partial charge is 0.491 e. The first kappa shape index (κ1) is 21.3. The fraction of sp³-hybridized carbons (Fsp3) is 0.458. The molecule has 1 aromatic carbocycles. The SMILES string of the molecule is O=C(O)CCCC=CC[C@@H]1[C@@H](C=C[C@@H](O)COc2ccc(F)cc2)[C@@H]2C=C[C@H]1C2. The Kier molecular flexibility index (Phi) is 7.64. The second kappa shape index (κ2) is 10.4. The Balaban J connectivity index is 1.47. The van der Waals surface area contributed by atoms with Crippen LogP contribution < -0.4 is 4.74 Å². The zero-order valence-electron chi connectivity index (χ0n) is 16.5. The Morgan fingerprint density at radius 1 is 1.21 bits per heavy atom. The molecule has 2 aliphatic carbocycles. The summed E-state index contributed by atoms with van der Waals surface area (Å²) in [6.07, 6.45) is 15.9. The molecule has 1 aromatic rings. The van der Waals surface area contributed by atoms with Crippen molar-refractivity contribution in [3.8, 4) is 5.75 Å². The lowest BCUT2D eigenvalue weighted by Crippen LogP contribution is -2.19. The molecule has 0 unspecified atom stereocenters. The third kappa shape index (κ3) is 6.29. The fourth-order valence-electron chi connectivity index (χ4n) is 4.35. The van der Waals surface area contributed by atoms with Gasteiger partial charge in [-0.1, -0.05) is 36.5 Å². The molecule has 2 aliphatic rings. The van der Waals surface area contributed by atoms with Crippen molar-refractivity contribution in [3.05, 3.63) is 66.5 Å². The Morgan fingerprint density at radius 2 is 1.97 bits per heavy atom. The van der Waals surface area contributed by atoms with E-state index in [9.17, 15) is 14.3 Å². The van der Waals surface area contributed by atoms with Crippen LogP contribution >= 0.6 is 0 Å². The van der Waals surface area contributed by atoms with Crippen molar-refractivity contribution in [2.75, 3.05) is 6.61 Å². The van der Waals surface area contributed by atoms with Gasteiger partial charge in [-0.15, -0.1) is 0 Å². The van der Waals surface area contributed by atoms with Gasteiger partial charge in [-0.3, -0.25) is 4.79 Å². The average molecular weight is 400 g/mol. The number of halogens is 1. The van der Waals surface area contributed by atoms with Crippen LogP contribution in [0.15, 0.2) is 60.7 Å². The number of rotatable bonds is 11. The molecule has 0 radical (unpaired) electrons. The third-order valence-electron chi connectivity index (χ3n) is 5.81. The Labute approximate surface area is 171 Å². The molecule has 5 atom stereocenters. The highest BCUT2D eigenvalue weighted by molar-refractivity contribution is 5.66. The zero-order valence-corrected chi connectivity index (χ0v) is 16.5. The van der Waals surface area contributed by atoms with E-state index in [1.165, 1.54) is 12.1 Å². The summed E-state index contributed by atoms with van der Waals surface area (Å²) < 4.78 is 18.4. The van der Waals surface area contributed by atoms with Crippen molar-refractivity contribution in [2.24, 2.45) is 23.7 Å². The number of unbranched alkanes of at least 4 members (excludes halogenated alkanes) is 1. The normalized spacial score (nSPS) is 26.6. The Morgan fingerprint density at radius 3 is 2.72 bits per heavy atom. The lowest BCUT2D eigenvalue weighted by molar-refractivity contribution is -0.137. The van der Waals surface area contributed by atoms with Gasteiger partial charge in [0.15, 0.2) is 0 Å². The van der Waals surface area contributed by atoms with Crippen LogP contribution in [0.25, 0.3) is 0 Å². The summed E-state index contributed by atoms with van der Waals surface area (Å²) in [5.74, 6) is 1.48. The first-order chi connectivity index (χ1) is 14.0. The van der Waals surface area contributed by atoms with Gasteiger partial charge in [0.05, 0.1) is 0 Å². The summed E-state index contributed by atoms with van der Waals surface area (Å²) in [5, 5.41) is 18.9. The minimum absolute atomic E-state index is 0.132. The number of carboxylic acids is 1. The van der Waals surface area contributed by atoms with E-state index in [0.29, 0.717) is 35.8 Å². The van der Waals surface area contributed by atoms with Gasteiger partial charge in [0.25, 0.3) is 0 Å². The van der Waals surface area contributed by atoms with E-state index in [1.807, 2.05) is 6.08 Å². The second-order valence-corrected chi connectivity index (χ2v) is 7.90. The van der Waals surface area contributed by atoms with E-state index in [2.05, 4.69) is 30.4 Å². The number of carboxylic acid groups (broad SMARTS) is 1. The molecule has 0 spiro atoms. The van der Waals surface area contributed by atoms with Crippen LogP contribution in [-0.2, 0) is 4.79 Å². The van der Waals surface area contributed by atoms with E-state index >= 15 is 0 Å². The van der Waals surface area contributed by atoms with Crippen molar-refractivity contribution in [1.82, 2.24) is 0 Å². The lowest BCUT2D eigenvalue weighted by atomic mass is 9.80. The summed E-state index contributed by atoms with van der Waals surface area (Å²) in [4.78, 5) is 10.6. The van der Waals surface area contributed by atoms with Crippen LogP contribution in [0, 0.1) is 29.5 Å². The molecule has 1 fully saturated rings. The van der Waals surface area contributed by atoms with Gasteiger partial charge in [-0.2, -0.15) is 0 Å². The number of hydrogen-bond donors (Lipinski definition) is 2. The van der Waals surface area contributed by atoms with Crippen molar-refractivity contribution >= 4 is 5.97 Å². The minimum Gasteiger partial charge on any atom is -0.491 e. The van der Waals surface area contributed by atoms with Crippen LogP contribution in [0.4, 0.5) is 4.39 Å². The van der Waals surface area contributed by atoms with E-state index in [-0.39, 0.29) is 18.8 Å².